The molecule has 3 aromatic heterocycles. The van der Waals surface area contributed by atoms with Crippen molar-refractivity contribution in [1.29, 1.82) is 0 Å². The molecule has 0 spiro atoms. The fourth-order valence-corrected chi connectivity index (χ4v) is 4.04. The van der Waals surface area contributed by atoms with Gasteiger partial charge in [0.2, 0.25) is 0 Å². The van der Waals surface area contributed by atoms with Gasteiger partial charge in [0.25, 0.3) is 0 Å². The van der Waals surface area contributed by atoms with Crippen LogP contribution in [0.1, 0.15) is 5.56 Å². The number of hydrogen-bond acceptors (Lipinski definition) is 6. The SMILES string of the molecule is CN(Cc1cc2n[nH]c(=O)n2c2cc(-c3ccsc3)ccc12)CC(O)CO. The summed E-state index contributed by atoms with van der Waals surface area (Å²) in [5, 5.41) is 30.4. The maximum Gasteiger partial charge on any atom is 0.348 e. The molecule has 3 N–H and O–H groups in total. The second-order valence-corrected chi connectivity index (χ2v) is 7.45. The number of aliphatic hydroxyl groups is 2. The van der Waals surface area contributed by atoms with Crippen molar-refractivity contribution < 1.29 is 10.2 Å². The van der Waals surface area contributed by atoms with Crippen LogP contribution in [0.25, 0.3) is 27.7 Å². The predicted molar refractivity (Wildman–Crippen MR) is 106 cm³/mol. The molecule has 140 valence electrons. The summed E-state index contributed by atoms with van der Waals surface area (Å²) in [4.78, 5) is 14.2. The number of aliphatic hydroxyl groups excluding tert-OH is 2. The average molecular weight is 384 g/mol. The van der Waals surface area contributed by atoms with Crippen molar-refractivity contribution >= 4 is 27.9 Å². The van der Waals surface area contributed by atoms with Crippen molar-refractivity contribution in [1.82, 2.24) is 19.5 Å². The summed E-state index contributed by atoms with van der Waals surface area (Å²) >= 11 is 1.63. The molecule has 27 heavy (non-hydrogen) atoms. The van der Waals surface area contributed by atoms with E-state index >= 15 is 0 Å². The van der Waals surface area contributed by atoms with Crippen molar-refractivity contribution in [3.05, 3.63) is 57.1 Å². The number of nitrogens with zero attached hydrogens (tertiary/aromatic N) is 3. The van der Waals surface area contributed by atoms with E-state index in [0.717, 1.165) is 27.6 Å². The molecule has 1 unspecified atom stereocenters. The number of fused-ring (bicyclic) bond motifs is 3. The normalized spacial score (nSPS) is 13.0. The molecule has 3 heterocycles. The van der Waals surface area contributed by atoms with E-state index in [1.165, 1.54) is 0 Å². The van der Waals surface area contributed by atoms with Crippen LogP contribution in [0.15, 0.2) is 45.9 Å². The zero-order valence-electron chi connectivity index (χ0n) is 14.8. The third-order valence-electron chi connectivity index (χ3n) is 4.61. The monoisotopic (exact) mass is 384 g/mol. The first-order valence-corrected chi connectivity index (χ1v) is 9.54. The fourth-order valence-electron chi connectivity index (χ4n) is 3.37. The Morgan fingerprint density at radius 3 is 2.89 bits per heavy atom. The maximum atomic E-state index is 12.3. The van der Waals surface area contributed by atoms with Gasteiger partial charge in [-0.3, -0.25) is 4.90 Å². The number of thiophene rings is 1. The van der Waals surface area contributed by atoms with Gasteiger partial charge in [-0.25, -0.2) is 14.3 Å². The molecule has 0 radical (unpaired) electrons. The smallest absolute Gasteiger partial charge is 0.348 e. The molecule has 1 aromatic carbocycles. The lowest BCUT2D eigenvalue weighted by Gasteiger charge is -2.20. The number of rotatable bonds is 6. The Morgan fingerprint density at radius 1 is 1.30 bits per heavy atom. The molecule has 0 fully saturated rings. The summed E-state index contributed by atoms with van der Waals surface area (Å²) in [6.45, 7) is 0.634. The minimum absolute atomic E-state index is 0.270. The number of benzene rings is 1. The zero-order chi connectivity index (χ0) is 19.0. The highest BCUT2D eigenvalue weighted by Gasteiger charge is 2.14. The number of likely N-dealkylation sites (N-methyl/N-ethyl adjacent to an activating group) is 1. The van der Waals surface area contributed by atoms with E-state index in [9.17, 15) is 9.90 Å². The number of pyridine rings is 1. The lowest BCUT2D eigenvalue weighted by molar-refractivity contribution is 0.0649. The summed E-state index contributed by atoms with van der Waals surface area (Å²) in [6, 6.07) is 10.0. The number of hydrogen-bond donors (Lipinski definition) is 3. The van der Waals surface area contributed by atoms with Crippen LogP contribution in [-0.4, -0.2) is 56.0 Å². The van der Waals surface area contributed by atoms with Crippen LogP contribution in [0, 0.1) is 0 Å². The molecule has 7 nitrogen and oxygen atoms in total. The Kier molecular flexibility index (Phi) is 4.79. The average Bonchev–Trinajstić information content (AvgIpc) is 3.31. The molecule has 0 aliphatic rings. The highest BCUT2D eigenvalue weighted by molar-refractivity contribution is 7.08. The van der Waals surface area contributed by atoms with E-state index < -0.39 is 6.10 Å². The van der Waals surface area contributed by atoms with E-state index in [1.807, 2.05) is 41.6 Å². The van der Waals surface area contributed by atoms with Crippen molar-refractivity contribution in [2.24, 2.45) is 0 Å². The summed E-state index contributed by atoms with van der Waals surface area (Å²) in [7, 11) is 1.88. The maximum absolute atomic E-state index is 12.3. The van der Waals surface area contributed by atoms with Crippen LogP contribution in [0.4, 0.5) is 0 Å². The van der Waals surface area contributed by atoms with Crippen molar-refractivity contribution in [2.45, 2.75) is 12.6 Å². The number of nitrogens with one attached hydrogen (secondary N) is 1. The van der Waals surface area contributed by atoms with Gasteiger partial charge in [0.15, 0.2) is 5.65 Å². The molecule has 4 aromatic rings. The molecule has 0 bridgehead atoms. The summed E-state index contributed by atoms with van der Waals surface area (Å²) in [6.07, 6.45) is -0.789. The molecular weight excluding hydrogens is 364 g/mol. The summed E-state index contributed by atoms with van der Waals surface area (Å²) in [5.41, 5.74) is 4.23. The lowest BCUT2D eigenvalue weighted by atomic mass is 10.0. The second-order valence-electron chi connectivity index (χ2n) is 6.67. The Balaban J connectivity index is 1.85. The van der Waals surface area contributed by atoms with Gasteiger partial charge in [0, 0.05) is 18.5 Å². The zero-order valence-corrected chi connectivity index (χ0v) is 15.6. The number of aromatic nitrogens is 3. The standard InChI is InChI=1S/C19H20N4O3S/c1-22(9-15(25)10-24)8-14-7-18-20-21-19(26)23(18)17-6-12(2-3-16(14)17)13-4-5-27-11-13/h2-7,11,15,24-25H,8-10H2,1H3,(H,21,26). The van der Waals surface area contributed by atoms with Gasteiger partial charge in [0.1, 0.15) is 0 Å². The quantitative estimate of drug-likeness (QED) is 0.470. The Morgan fingerprint density at radius 2 is 2.15 bits per heavy atom. The molecule has 0 saturated carbocycles. The van der Waals surface area contributed by atoms with E-state index in [4.69, 9.17) is 5.11 Å². The van der Waals surface area contributed by atoms with Gasteiger partial charge in [-0.1, -0.05) is 12.1 Å². The van der Waals surface area contributed by atoms with Gasteiger partial charge in [0.05, 0.1) is 18.2 Å². The molecule has 0 amide bonds. The first-order valence-electron chi connectivity index (χ1n) is 8.59. The topological polar surface area (TPSA) is 93.9 Å². The Bertz CT molecular complexity index is 1130. The number of aromatic amines is 1. The van der Waals surface area contributed by atoms with Crippen molar-refractivity contribution in [3.8, 4) is 11.1 Å². The first kappa shape index (κ1) is 17.9. The minimum Gasteiger partial charge on any atom is -0.394 e. The van der Waals surface area contributed by atoms with Crippen molar-refractivity contribution in [2.75, 3.05) is 20.2 Å². The van der Waals surface area contributed by atoms with Gasteiger partial charge in [-0.15, -0.1) is 0 Å². The van der Waals surface area contributed by atoms with Crippen LogP contribution in [-0.2, 0) is 6.54 Å². The molecule has 1 atom stereocenters. The fraction of sp³-hybridized carbons (Fsp3) is 0.263. The molecule has 0 aliphatic heterocycles. The van der Waals surface area contributed by atoms with Gasteiger partial charge in [-0.05, 0) is 52.7 Å². The minimum atomic E-state index is -0.789. The van der Waals surface area contributed by atoms with Gasteiger partial charge < -0.3 is 10.2 Å². The van der Waals surface area contributed by atoms with Crippen LogP contribution in [0.5, 0.6) is 0 Å². The number of H-pyrrole nitrogens is 1. The van der Waals surface area contributed by atoms with Gasteiger partial charge in [-0.2, -0.15) is 16.4 Å². The molecule has 8 heteroatoms. The lowest BCUT2D eigenvalue weighted by Crippen LogP contribution is -2.31. The Labute approximate surface area is 159 Å². The van der Waals surface area contributed by atoms with Crippen LogP contribution < -0.4 is 5.69 Å². The van der Waals surface area contributed by atoms with Crippen LogP contribution >= 0.6 is 11.3 Å². The van der Waals surface area contributed by atoms with Crippen LogP contribution in [0.3, 0.4) is 0 Å². The first-order chi connectivity index (χ1) is 13.1. The predicted octanol–water partition coefficient (Wildman–Crippen LogP) is 1.69. The van der Waals surface area contributed by atoms with Crippen LogP contribution in [0.2, 0.25) is 0 Å². The summed E-state index contributed by atoms with van der Waals surface area (Å²) in [5.74, 6) is 0. The molecule has 4 rings (SSSR count). The van der Waals surface area contributed by atoms with E-state index in [1.54, 1.807) is 15.7 Å². The second kappa shape index (κ2) is 7.24. The Hall–Kier alpha value is -2.52. The van der Waals surface area contributed by atoms with Gasteiger partial charge >= 0.3 is 5.69 Å². The molecule has 0 saturated heterocycles. The largest absolute Gasteiger partial charge is 0.394 e. The van der Waals surface area contributed by atoms with E-state index in [2.05, 4.69) is 21.6 Å². The third kappa shape index (κ3) is 3.40. The molecule has 0 aliphatic carbocycles. The molecular formula is C19H20N4O3S. The highest BCUT2D eigenvalue weighted by atomic mass is 32.1. The van der Waals surface area contributed by atoms with E-state index in [0.29, 0.717) is 18.7 Å². The van der Waals surface area contributed by atoms with Crippen molar-refractivity contribution in [3.63, 3.8) is 0 Å². The highest BCUT2D eigenvalue weighted by Crippen LogP contribution is 2.28. The van der Waals surface area contributed by atoms with E-state index in [-0.39, 0.29) is 12.3 Å². The third-order valence-corrected chi connectivity index (χ3v) is 5.30. The summed E-state index contributed by atoms with van der Waals surface area (Å²) < 4.78 is 1.58.